The van der Waals surface area contributed by atoms with Crippen molar-refractivity contribution in [1.29, 1.82) is 0 Å². The van der Waals surface area contributed by atoms with Crippen LogP contribution in [0.2, 0.25) is 19.1 Å². The molecule has 8 nitrogen and oxygen atoms in total. The summed E-state index contributed by atoms with van der Waals surface area (Å²) < 4.78 is 40.1. The molecule has 1 aromatic carbocycles. The number of aromatic nitrogens is 2. The molecule has 1 aliphatic heterocycles. The van der Waals surface area contributed by atoms with E-state index in [1.54, 1.807) is 12.1 Å². The zero-order valence-electron chi connectivity index (χ0n) is 20.5. The lowest BCUT2D eigenvalue weighted by Gasteiger charge is -2.35. The third kappa shape index (κ3) is 4.75. The molecule has 0 bridgehead atoms. The van der Waals surface area contributed by atoms with Crippen LogP contribution in [0.15, 0.2) is 39.6 Å². The summed E-state index contributed by atoms with van der Waals surface area (Å²) >= 11 is 0. The molecule has 0 spiro atoms. The molecule has 0 saturated carbocycles. The highest BCUT2D eigenvalue weighted by Crippen LogP contribution is 2.33. The standard InChI is InChI=1S/C25H27F2N3O5Si/c1-5-36(3,4)24-16(26)10-14(11-17(24)27)12-19(31)23-15-6-7-22(34-2)28-18(15)8-9-30(23)25(33)20-13-21(32)29-35-20/h6-7,10-11,13,23H,5,8-9,12H2,1-4H3,(H,29,32)/t23-/m0/s1. The number of methoxy groups -OCH3 is 1. The Morgan fingerprint density at radius 1 is 1.22 bits per heavy atom. The molecule has 0 saturated heterocycles. The number of benzene rings is 1. The van der Waals surface area contributed by atoms with E-state index in [1.165, 1.54) is 24.1 Å². The van der Waals surface area contributed by atoms with Crippen molar-refractivity contribution in [3.63, 3.8) is 0 Å². The first-order valence-corrected chi connectivity index (χ1v) is 14.8. The summed E-state index contributed by atoms with van der Waals surface area (Å²) in [6.45, 7) is 5.81. The van der Waals surface area contributed by atoms with E-state index in [9.17, 15) is 23.2 Å². The number of ether oxygens (including phenoxy) is 1. The normalized spacial score (nSPS) is 15.5. The van der Waals surface area contributed by atoms with E-state index in [4.69, 9.17) is 9.26 Å². The Morgan fingerprint density at radius 2 is 1.92 bits per heavy atom. The van der Waals surface area contributed by atoms with Crippen LogP contribution in [0.25, 0.3) is 0 Å². The number of carbonyl (C=O) groups is 2. The predicted octanol–water partition coefficient (Wildman–Crippen LogP) is 3.14. The van der Waals surface area contributed by atoms with Crippen LogP contribution in [0.5, 0.6) is 5.88 Å². The molecular formula is C25H27F2N3O5Si. The summed E-state index contributed by atoms with van der Waals surface area (Å²) in [6, 6.07) is 6.22. The molecule has 1 atom stereocenters. The van der Waals surface area contributed by atoms with Crippen molar-refractivity contribution >= 4 is 25.0 Å². The topological polar surface area (TPSA) is 105 Å². The number of nitrogens with one attached hydrogen (secondary N) is 1. The molecule has 1 N–H and O–H groups in total. The zero-order chi connectivity index (χ0) is 26.2. The average Bonchev–Trinajstić information content (AvgIpc) is 3.27. The summed E-state index contributed by atoms with van der Waals surface area (Å²) in [5.74, 6) is -2.30. The zero-order valence-corrected chi connectivity index (χ0v) is 21.5. The highest BCUT2D eigenvalue weighted by atomic mass is 28.3. The number of halogens is 2. The Hall–Kier alpha value is -3.60. The number of pyridine rings is 1. The van der Waals surface area contributed by atoms with Gasteiger partial charge in [-0.05, 0) is 23.8 Å². The number of carbonyl (C=O) groups excluding carboxylic acids is 2. The Bertz CT molecular complexity index is 1360. The van der Waals surface area contributed by atoms with Gasteiger partial charge in [0.15, 0.2) is 5.78 Å². The van der Waals surface area contributed by atoms with E-state index >= 15 is 0 Å². The summed E-state index contributed by atoms with van der Waals surface area (Å²) in [7, 11) is -0.831. The molecule has 1 aliphatic rings. The second-order valence-corrected chi connectivity index (χ2v) is 14.4. The van der Waals surface area contributed by atoms with Crippen molar-refractivity contribution in [1.82, 2.24) is 15.0 Å². The van der Waals surface area contributed by atoms with Gasteiger partial charge in [-0.2, -0.15) is 5.16 Å². The minimum atomic E-state index is -2.30. The van der Waals surface area contributed by atoms with Gasteiger partial charge in [0.1, 0.15) is 17.7 Å². The maximum absolute atomic E-state index is 15.0. The summed E-state index contributed by atoms with van der Waals surface area (Å²) in [4.78, 5) is 44.0. The van der Waals surface area contributed by atoms with Crippen molar-refractivity contribution in [2.45, 2.75) is 44.9 Å². The van der Waals surface area contributed by atoms with Crippen LogP contribution in [0.3, 0.4) is 0 Å². The lowest BCUT2D eigenvalue weighted by molar-refractivity contribution is -0.123. The predicted molar refractivity (Wildman–Crippen MR) is 130 cm³/mol. The van der Waals surface area contributed by atoms with Gasteiger partial charge in [0.25, 0.3) is 11.5 Å². The number of rotatable bonds is 7. The molecule has 0 fully saturated rings. The van der Waals surface area contributed by atoms with Gasteiger partial charge in [0, 0.05) is 36.2 Å². The fourth-order valence-electron chi connectivity index (χ4n) is 4.52. The Morgan fingerprint density at radius 3 is 2.50 bits per heavy atom. The molecule has 190 valence electrons. The Kier molecular flexibility index (Phi) is 6.94. The quantitative estimate of drug-likeness (QED) is 0.485. The number of aromatic amines is 1. The molecule has 2 aromatic heterocycles. The first kappa shape index (κ1) is 25.5. The van der Waals surface area contributed by atoms with Crippen LogP contribution in [-0.2, 0) is 17.6 Å². The number of amides is 1. The number of hydrogen-bond acceptors (Lipinski definition) is 6. The molecule has 4 rings (SSSR count). The number of fused-ring (bicyclic) bond motifs is 1. The van der Waals surface area contributed by atoms with Crippen LogP contribution in [0.1, 0.15) is 40.3 Å². The second-order valence-electron chi connectivity index (χ2n) is 9.43. The smallest absolute Gasteiger partial charge is 0.293 e. The van der Waals surface area contributed by atoms with Gasteiger partial charge in [0.05, 0.1) is 26.9 Å². The number of Topliss-reactive ketones (excluding diaryl/α,β-unsaturated/α-hetero) is 1. The molecule has 3 heterocycles. The molecule has 0 aliphatic carbocycles. The molecule has 11 heteroatoms. The van der Waals surface area contributed by atoms with E-state index in [2.05, 4.69) is 10.1 Å². The molecule has 3 aromatic rings. The maximum Gasteiger partial charge on any atom is 0.293 e. The third-order valence-corrected chi connectivity index (χ3v) is 10.3. The van der Waals surface area contributed by atoms with Crippen molar-refractivity contribution < 1.29 is 27.6 Å². The van der Waals surface area contributed by atoms with Crippen LogP contribution in [-0.4, -0.2) is 48.5 Å². The first-order chi connectivity index (χ1) is 17.1. The molecule has 0 unspecified atom stereocenters. The lowest BCUT2D eigenvalue weighted by Crippen LogP contribution is -2.45. The lowest BCUT2D eigenvalue weighted by atomic mass is 9.90. The number of ketones is 1. The van der Waals surface area contributed by atoms with Crippen LogP contribution in [0.4, 0.5) is 8.78 Å². The average molecular weight is 516 g/mol. The highest BCUT2D eigenvalue weighted by Gasteiger charge is 2.38. The van der Waals surface area contributed by atoms with Crippen LogP contribution in [0, 0.1) is 11.6 Å². The van der Waals surface area contributed by atoms with Crippen LogP contribution >= 0.6 is 0 Å². The molecule has 0 radical (unpaired) electrons. The van der Waals surface area contributed by atoms with E-state index in [0.29, 0.717) is 29.6 Å². The fraction of sp³-hybridized carbons (Fsp3) is 0.360. The van der Waals surface area contributed by atoms with Crippen molar-refractivity contribution in [3.8, 4) is 5.88 Å². The third-order valence-electron chi connectivity index (χ3n) is 6.73. The van der Waals surface area contributed by atoms with Gasteiger partial charge in [-0.3, -0.25) is 14.4 Å². The highest BCUT2D eigenvalue weighted by molar-refractivity contribution is 6.89. The summed E-state index contributed by atoms with van der Waals surface area (Å²) in [5.41, 5.74) is 0.648. The maximum atomic E-state index is 15.0. The minimum Gasteiger partial charge on any atom is -0.481 e. The van der Waals surface area contributed by atoms with E-state index in [0.717, 1.165) is 6.07 Å². The first-order valence-electron chi connectivity index (χ1n) is 11.6. The van der Waals surface area contributed by atoms with E-state index < -0.39 is 43.0 Å². The van der Waals surface area contributed by atoms with Crippen LogP contribution < -0.4 is 15.5 Å². The number of nitrogens with zero attached hydrogens (tertiary/aromatic N) is 2. The van der Waals surface area contributed by atoms with E-state index in [-0.39, 0.29) is 29.5 Å². The van der Waals surface area contributed by atoms with Gasteiger partial charge in [0.2, 0.25) is 11.6 Å². The fourth-order valence-corrected chi connectivity index (χ4v) is 6.31. The minimum absolute atomic E-state index is 0.111. The number of hydrogen-bond donors (Lipinski definition) is 1. The molecular weight excluding hydrogens is 488 g/mol. The van der Waals surface area contributed by atoms with Gasteiger partial charge in [-0.25, -0.2) is 13.8 Å². The van der Waals surface area contributed by atoms with Crippen molar-refractivity contribution in [3.05, 3.63) is 74.9 Å². The monoisotopic (exact) mass is 515 g/mol. The molecule has 36 heavy (non-hydrogen) atoms. The molecule has 1 amide bonds. The SMILES string of the molecule is CC[Si](C)(C)c1c(F)cc(CC(=O)[C@@H]2c3ccc(OC)nc3CCN2C(=O)c2cc(=O)[nH]o2)cc1F. The van der Waals surface area contributed by atoms with Crippen molar-refractivity contribution in [2.24, 2.45) is 0 Å². The number of H-pyrrole nitrogens is 1. The summed E-state index contributed by atoms with van der Waals surface area (Å²) in [6.07, 6.45) is 0.0324. The van der Waals surface area contributed by atoms with Gasteiger partial charge in [-0.1, -0.05) is 26.1 Å². The second kappa shape index (κ2) is 9.80. The van der Waals surface area contributed by atoms with E-state index in [1.807, 2.05) is 20.0 Å². The van der Waals surface area contributed by atoms with Gasteiger partial charge >= 0.3 is 0 Å². The van der Waals surface area contributed by atoms with Gasteiger partial charge < -0.3 is 14.2 Å². The Balaban J connectivity index is 1.72. The largest absolute Gasteiger partial charge is 0.481 e. The van der Waals surface area contributed by atoms with Crippen molar-refractivity contribution in [2.75, 3.05) is 13.7 Å². The summed E-state index contributed by atoms with van der Waals surface area (Å²) in [5, 5.41) is 2.18. The van der Waals surface area contributed by atoms with Gasteiger partial charge in [-0.15, -0.1) is 0 Å². The Labute approximate surface area is 207 Å².